The second-order valence-corrected chi connectivity index (χ2v) is 5.77. The number of aromatic nitrogens is 1. The van der Waals surface area contributed by atoms with Crippen LogP contribution in [0.2, 0.25) is 0 Å². The number of carbonyl (C=O) groups is 1. The SMILES string of the molecule is CC1CCCC(C(C)C(=O)c2cccnc2)CC1. The van der Waals surface area contributed by atoms with Gasteiger partial charge in [-0.3, -0.25) is 9.78 Å². The highest BCUT2D eigenvalue weighted by atomic mass is 16.1. The van der Waals surface area contributed by atoms with Crippen molar-refractivity contribution in [1.82, 2.24) is 4.98 Å². The fourth-order valence-corrected chi connectivity index (χ4v) is 3.00. The van der Waals surface area contributed by atoms with Crippen LogP contribution < -0.4 is 0 Å². The molecule has 0 bridgehead atoms. The van der Waals surface area contributed by atoms with Crippen molar-refractivity contribution in [3.63, 3.8) is 0 Å². The van der Waals surface area contributed by atoms with Crippen molar-refractivity contribution in [2.24, 2.45) is 17.8 Å². The molecule has 0 aromatic carbocycles. The van der Waals surface area contributed by atoms with Gasteiger partial charge in [0.05, 0.1) is 0 Å². The summed E-state index contributed by atoms with van der Waals surface area (Å²) in [5.74, 6) is 1.79. The molecule has 0 N–H and O–H groups in total. The molecule has 1 saturated carbocycles. The summed E-state index contributed by atoms with van der Waals surface area (Å²) >= 11 is 0. The second-order valence-electron chi connectivity index (χ2n) is 5.77. The van der Waals surface area contributed by atoms with Crippen LogP contribution in [-0.2, 0) is 0 Å². The number of hydrogen-bond donors (Lipinski definition) is 0. The van der Waals surface area contributed by atoms with Gasteiger partial charge in [-0.05, 0) is 36.8 Å². The van der Waals surface area contributed by atoms with Crippen molar-refractivity contribution in [3.8, 4) is 0 Å². The molecule has 18 heavy (non-hydrogen) atoms. The highest BCUT2D eigenvalue weighted by Gasteiger charge is 2.26. The van der Waals surface area contributed by atoms with E-state index in [1.54, 1.807) is 12.4 Å². The summed E-state index contributed by atoms with van der Waals surface area (Å²) in [6.07, 6.45) is 9.69. The van der Waals surface area contributed by atoms with Gasteiger partial charge in [-0.15, -0.1) is 0 Å². The Morgan fingerprint density at radius 1 is 1.33 bits per heavy atom. The number of hydrogen-bond acceptors (Lipinski definition) is 2. The van der Waals surface area contributed by atoms with Gasteiger partial charge in [-0.1, -0.05) is 33.1 Å². The Balaban J connectivity index is 2.02. The van der Waals surface area contributed by atoms with Gasteiger partial charge >= 0.3 is 0 Å². The van der Waals surface area contributed by atoms with E-state index in [0.717, 1.165) is 11.5 Å². The summed E-state index contributed by atoms with van der Waals surface area (Å²) in [5, 5.41) is 0. The zero-order chi connectivity index (χ0) is 13.0. The number of pyridine rings is 1. The van der Waals surface area contributed by atoms with Crippen LogP contribution in [-0.4, -0.2) is 10.8 Å². The molecule has 1 aliphatic carbocycles. The number of nitrogens with zero attached hydrogens (tertiary/aromatic N) is 1. The molecule has 2 heteroatoms. The monoisotopic (exact) mass is 245 g/mol. The first-order valence-corrected chi connectivity index (χ1v) is 7.12. The maximum atomic E-state index is 12.4. The van der Waals surface area contributed by atoms with Crippen LogP contribution in [0, 0.1) is 17.8 Å². The first-order chi connectivity index (χ1) is 8.68. The van der Waals surface area contributed by atoms with Crippen LogP contribution in [0.15, 0.2) is 24.5 Å². The van der Waals surface area contributed by atoms with Crippen LogP contribution in [0.25, 0.3) is 0 Å². The average Bonchev–Trinajstić information content (AvgIpc) is 2.63. The minimum atomic E-state index is 0.138. The number of ketones is 1. The Bertz CT molecular complexity index is 387. The summed E-state index contributed by atoms with van der Waals surface area (Å²) in [6, 6.07) is 3.72. The lowest BCUT2D eigenvalue weighted by Gasteiger charge is -2.21. The lowest BCUT2D eigenvalue weighted by Crippen LogP contribution is -2.21. The standard InChI is InChI=1S/C16H23NO/c1-12-5-3-6-14(9-8-12)13(2)16(18)15-7-4-10-17-11-15/h4,7,10-14H,3,5-6,8-9H2,1-2H3. The van der Waals surface area contributed by atoms with Gasteiger partial charge in [0, 0.05) is 23.9 Å². The first kappa shape index (κ1) is 13.3. The van der Waals surface area contributed by atoms with E-state index < -0.39 is 0 Å². The van der Waals surface area contributed by atoms with Crippen molar-refractivity contribution in [1.29, 1.82) is 0 Å². The normalized spacial score (nSPS) is 26.3. The van der Waals surface area contributed by atoms with Gasteiger partial charge in [0.1, 0.15) is 0 Å². The Morgan fingerprint density at radius 3 is 2.89 bits per heavy atom. The Kier molecular flexibility index (Phi) is 4.51. The molecule has 3 atom stereocenters. The van der Waals surface area contributed by atoms with E-state index in [9.17, 15) is 4.79 Å². The minimum Gasteiger partial charge on any atom is -0.294 e. The molecule has 1 heterocycles. The smallest absolute Gasteiger partial charge is 0.167 e. The Labute approximate surface area is 110 Å². The predicted molar refractivity (Wildman–Crippen MR) is 73.5 cm³/mol. The van der Waals surface area contributed by atoms with E-state index >= 15 is 0 Å². The fourth-order valence-electron chi connectivity index (χ4n) is 3.00. The molecule has 0 radical (unpaired) electrons. The van der Waals surface area contributed by atoms with E-state index in [2.05, 4.69) is 18.8 Å². The van der Waals surface area contributed by atoms with Gasteiger partial charge in [0.25, 0.3) is 0 Å². The van der Waals surface area contributed by atoms with Crippen molar-refractivity contribution >= 4 is 5.78 Å². The number of rotatable bonds is 3. The molecule has 0 saturated heterocycles. The van der Waals surface area contributed by atoms with E-state index in [-0.39, 0.29) is 11.7 Å². The molecular formula is C16H23NO. The van der Waals surface area contributed by atoms with Crippen molar-refractivity contribution in [2.75, 3.05) is 0 Å². The van der Waals surface area contributed by atoms with Crippen LogP contribution >= 0.6 is 0 Å². The molecule has 1 aromatic rings. The van der Waals surface area contributed by atoms with E-state index in [1.807, 2.05) is 12.1 Å². The molecule has 0 amide bonds. The van der Waals surface area contributed by atoms with Crippen LogP contribution in [0.5, 0.6) is 0 Å². The third-order valence-corrected chi connectivity index (χ3v) is 4.37. The summed E-state index contributed by atoms with van der Waals surface area (Å²) in [6.45, 7) is 4.42. The zero-order valence-corrected chi connectivity index (χ0v) is 11.4. The molecule has 1 aliphatic rings. The topological polar surface area (TPSA) is 30.0 Å². The predicted octanol–water partition coefficient (Wildman–Crippen LogP) is 4.12. The quantitative estimate of drug-likeness (QED) is 0.592. The van der Waals surface area contributed by atoms with E-state index in [0.29, 0.717) is 5.92 Å². The highest BCUT2D eigenvalue weighted by Crippen LogP contribution is 2.32. The zero-order valence-electron chi connectivity index (χ0n) is 11.4. The molecule has 98 valence electrons. The third-order valence-electron chi connectivity index (χ3n) is 4.37. The van der Waals surface area contributed by atoms with Crippen LogP contribution in [0.3, 0.4) is 0 Å². The molecule has 0 spiro atoms. The van der Waals surface area contributed by atoms with Gasteiger partial charge in [-0.25, -0.2) is 0 Å². The summed E-state index contributed by atoms with van der Waals surface area (Å²) < 4.78 is 0. The lowest BCUT2D eigenvalue weighted by atomic mass is 9.82. The fraction of sp³-hybridized carbons (Fsp3) is 0.625. The van der Waals surface area contributed by atoms with Crippen molar-refractivity contribution in [3.05, 3.63) is 30.1 Å². The van der Waals surface area contributed by atoms with E-state index in [4.69, 9.17) is 0 Å². The number of carbonyl (C=O) groups excluding carboxylic acids is 1. The molecule has 2 nitrogen and oxygen atoms in total. The molecule has 3 unspecified atom stereocenters. The molecule has 1 aromatic heterocycles. The lowest BCUT2D eigenvalue weighted by molar-refractivity contribution is 0.0877. The molecular weight excluding hydrogens is 222 g/mol. The van der Waals surface area contributed by atoms with Gasteiger partial charge in [-0.2, -0.15) is 0 Å². The molecule has 2 rings (SSSR count). The summed E-state index contributed by atoms with van der Waals surface area (Å²) in [7, 11) is 0. The van der Waals surface area contributed by atoms with Gasteiger partial charge in [0.2, 0.25) is 0 Å². The highest BCUT2D eigenvalue weighted by molar-refractivity contribution is 5.97. The Morgan fingerprint density at radius 2 is 2.17 bits per heavy atom. The first-order valence-electron chi connectivity index (χ1n) is 7.12. The average molecular weight is 245 g/mol. The Hall–Kier alpha value is -1.18. The largest absolute Gasteiger partial charge is 0.294 e. The third kappa shape index (κ3) is 3.18. The number of Topliss-reactive ketones (excluding diaryl/α,β-unsaturated/α-hetero) is 1. The summed E-state index contributed by atoms with van der Waals surface area (Å²) in [4.78, 5) is 16.4. The minimum absolute atomic E-state index is 0.138. The summed E-state index contributed by atoms with van der Waals surface area (Å²) in [5.41, 5.74) is 0.766. The van der Waals surface area contributed by atoms with Gasteiger partial charge in [0.15, 0.2) is 5.78 Å². The maximum absolute atomic E-state index is 12.4. The van der Waals surface area contributed by atoms with Crippen molar-refractivity contribution in [2.45, 2.75) is 46.0 Å². The van der Waals surface area contributed by atoms with Crippen molar-refractivity contribution < 1.29 is 4.79 Å². The second kappa shape index (κ2) is 6.12. The maximum Gasteiger partial charge on any atom is 0.167 e. The van der Waals surface area contributed by atoms with Gasteiger partial charge < -0.3 is 0 Å². The molecule has 1 fully saturated rings. The van der Waals surface area contributed by atoms with E-state index in [1.165, 1.54) is 32.1 Å². The van der Waals surface area contributed by atoms with Crippen LogP contribution in [0.1, 0.15) is 56.3 Å². The van der Waals surface area contributed by atoms with Crippen LogP contribution in [0.4, 0.5) is 0 Å². The molecule has 0 aliphatic heterocycles.